The molecule has 0 aliphatic carbocycles. The minimum absolute atomic E-state index is 0. The molecule has 2 heterocycles. The molecule has 2 amide bonds. The predicted molar refractivity (Wildman–Crippen MR) is 241 cm³/mol. The second-order valence-electron chi connectivity index (χ2n) is 16.2. The van der Waals surface area contributed by atoms with Gasteiger partial charge in [-0.3, -0.25) is 9.59 Å². The number of rotatable bonds is 20. The first-order chi connectivity index (χ1) is 30.8. The number of aromatic nitrogens is 8. The van der Waals surface area contributed by atoms with Gasteiger partial charge in [0.15, 0.2) is 0 Å². The van der Waals surface area contributed by atoms with Crippen LogP contribution in [0.25, 0.3) is 45.0 Å². The summed E-state index contributed by atoms with van der Waals surface area (Å²) in [6.45, 7) is 11.6. The van der Waals surface area contributed by atoms with Crippen LogP contribution in [0.2, 0.25) is 0 Å². The first-order valence-corrected chi connectivity index (χ1v) is 21.7. The van der Waals surface area contributed by atoms with E-state index in [-0.39, 0.29) is 145 Å². The molecule has 0 aliphatic rings. The Morgan fingerprint density at radius 1 is 0.537 bits per heavy atom. The summed E-state index contributed by atoms with van der Waals surface area (Å²) in [5, 5.41) is 52.1. The van der Waals surface area contributed by atoms with E-state index in [4.69, 9.17) is 0 Å². The van der Waals surface area contributed by atoms with E-state index in [1.54, 1.807) is 27.7 Å². The molecule has 6 rings (SSSR count). The van der Waals surface area contributed by atoms with Gasteiger partial charge in [0, 0.05) is 37.1 Å². The third kappa shape index (κ3) is 16.7. The van der Waals surface area contributed by atoms with Crippen LogP contribution in [0.4, 0.5) is 0 Å². The quantitative estimate of drug-likeness (QED) is 0.0859. The van der Waals surface area contributed by atoms with Gasteiger partial charge in [0.2, 0.25) is 23.5 Å². The van der Waals surface area contributed by atoms with Gasteiger partial charge in [-0.05, 0) is 68.5 Å². The maximum atomic E-state index is 12.8. The van der Waals surface area contributed by atoms with Crippen molar-refractivity contribution in [1.82, 2.24) is 51.0 Å². The van der Waals surface area contributed by atoms with Crippen LogP contribution in [0, 0.1) is 11.8 Å². The normalized spacial score (nSPS) is 11.5. The Bertz CT molecular complexity index is 2250. The number of benzene rings is 4. The largest absolute Gasteiger partial charge is 1.00 e. The average molecular weight is 965 g/mol. The Morgan fingerprint density at radius 2 is 0.866 bits per heavy atom. The molecule has 0 bridgehead atoms. The Labute approximate surface area is 476 Å². The first-order valence-electron chi connectivity index (χ1n) is 21.7. The number of carboxylic acids is 2. The third-order valence-electron chi connectivity index (χ3n) is 10.8. The molecule has 0 aliphatic heterocycles. The van der Waals surface area contributed by atoms with Gasteiger partial charge in [-0.1, -0.05) is 151 Å². The van der Waals surface area contributed by atoms with Gasteiger partial charge in [0.05, 0.1) is 24.0 Å². The molecular weight excluding hydrogens is 907 g/mol. The number of carbonyl (C=O) groups is 4. The van der Waals surface area contributed by atoms with Crippen LogP contribution in [0.1, 0.15) is 91.2 Å². The number of amides is 2. The number of tetrazole rings is 2. The number of aromatic amines is 2. The van der Waals surface area contributed by atoms with Crippen molar-refractivity contribution in [3.63, 3.8) is 0 Å². The Morgan fingerprint density at radius 3 is 1.13 bits per heavy atom. The molecule has 0 saturated carbocycles. The Kier molecular flexibility index (Phi) is 26.4. The van der Waals surface area contributed by atoms with E-state index in [2.05, 4.69) is 41.2 Å². The van der Waals surface area contributed by atoms with Gasteiger partial charge in [-0.15, -0.1) is 20.4 Å². The van der Waals surface area contributed by atoms with Gasteiger partial charge >= 0.3 is 103 Å². The molecule has 67 heavy (non-hydrogen) atoms. The SMILES string of the molecule is CCCCC(=O)N(Cc1ccc(-c2ccccc2-c2nn[nH]n2)cc1)[C@H](C(=O)[O-])C(C)C.CCCCC(=O)N(Cc1ccc(-c2ccccc2-c2nn[nH]n2)cc1)[C@H](C(=O)[O-])C(C)C.O.[K+].[K+]. The fourth-order valence-electron chi connectivity index (χ4n) is 7.53. The molecule has 19 heteroatoms. The van der Waals surface area contributed by atoms with Crippen LogP contribution in [-0.2, 0) is 32.3 Å². The molecule has 0 spiro atoms. The van der Waals surface area contributed by atoms with E-state index in [9.17, 15) is 29.4 Å². The number of hydrogen-bond donors (Lipinski definition) is 2. The number of carboxylic acid groups (broad SMARTS) is 2. The number of hydrogen-bond acceptors (Lipinski definition) is 12. The van der Waals surface area contributed by atoms with Crippen LogP contribution in [0.3, 0.4) is 0 Å². The molecule has 344 valence electrons. The van der Waals surface area contributed by atoms with Crippen LogP contribution >= 0.6 is 0 Å². The topological polar surface area (TPSA) is 261 Å². The minimum Gasteiger partial charge on any atom is -0.548 e. The van der Waals surface area contributed by atoms with Crippen molar-refractivity contribution >= 4 is 23.8 Å². The number of aliphatic carboxylic acids is 2. The molecule has 17 nitrogen and oxygen atoms in total. The summed E-state index contributed by atoms with van der Waals surface area (Å²) in [7, 11) is 0. The molecule has 0 radical (unpaired) electrons. The summed E-state index contributed by atoms with van der Waals surface area (Å²) in [4.78, 5) is 52.2. The zero-order valence-corrected chi connectivity index (χ0v) is 46.0. The molecular formula is C48H58K2N10O7. The van der Waals surface area contributed by atoms with E-state index in [1.807, 2.05) is 111 Å². The second-order valence-corrected chi connectivity index (χ2v) is 16.2. The van der Waals surface area contributed by atoms with Crippen LogP contribution in [0.15, 0.2) is 97.1 Å². The molecule has 0 saturated heterocycles. The van der Waals surface area contributed by atoms with Crippen molar-refractivity contribution in [2.45, 2.75) is 105 Å². The fraction of sp³-hybridized carbons (Fsp3) is 0.375. The number of carbonyl (C=O) groups excluding carboxylic acids is 4. The molecule has 0 unspecified atom stereocenters. The predicted octanol–water partition coefficient (Wildman–Crippen LogP) is -1.16. The summed E-state index contributed by atoms with van der Waals surface area (Å²) >= 11 is 0. The summed E-state index contributed by atoms with van der Waals surface area (Å²) in [6.07, 6.45) is 3.82. The Balaban J connectivity index is 0.000000440. The van der Waals surface area contributed by atoms with Gasteiger partial charge in [0.1, 0.15) is 0 Å². The zero-order valence-electron chi connectivity index (χ0n) is 39.7. The summed E-state index contributed by atoms with van der Waals surface area (Å²) in [5.74, 6) is -2.29. The summed E-state index contributed by atoms with van der Waals surface area (Å²) < 4.78 is 0. The average Bonchev–Trinajstić information content (AvgIpc) is 4.04. The van der Waals surface area contributed by atoms with Crippen LogP contribution in [-0.4, -0.2) is 92.4 Å². The number of H-pyrrole nitrogens is 2. The van der Waals surface area contributed by atoms with Gasteiger partial charge in [0.25, 0.3) is 0 Å². The van der Waals surface area contributed by atoms with Crippen molar-refractivity contribution < 1.29 is 138 Å². The van der Waals surface area contributed by atoms with Crippen LogP contribution < -0.4 is 113 Å². The van der Waals surface area contributed by atoms with E-state index < -0.39 is 24.0 Å². The molecule has 0 fully saturated rings. The minimum atomic E-state index is -1.23. The van der Waals surface area contributed by atoms with Crippen molar-refractivity contribution in [3.8, 4) is 45.0 Å². The summed E-state index contributed by atoms with van der Waals surface area (Å²) in [6, 6.07) is 29.0. The Hall–Kier alpha value is -3.87. The van der Waals surface area contributed by atoms with Crippen molar-refractivity contribution in [2.24, 2.45) is 11.8 Å². The van der Waals surface area contributed by atoms with Crippen LogP contribution in [0.5, 0.6) is 0 Å². The van der Waals surface area contributed by atoms with E-state index >= 15 is 0 Å². The second kappa shape index (κ2) is 29.9. The van der Waals surface area contributed by atoms with Crippen molar-refractivity contribution in [2.75, 3.05) is 0 Å². The fourth-order valence-corrected chi connectivity index (χ4v) is 7.53. The third-order valence-corrected chi connectivity index (χ3v) is 10.8. The van der Waals surface area contributed by atoms with Gasteiger partial charge in [-0.25, -0.2) is 0 Å². The molecule has 2 aromatic heterocycles. The molecule has 4 aromatic carbocycles. The standard InChI is InChI=1S/2C24H29N5O3.2K.H2O/c2*1-4-5-10-21(30)29(22(16(2)3)24(31)32)15-17-11-13-18(14-12-17)19-8-6-7-9-20(19)23-25-27-28-26-23;;;/h2*6-9,11-14,16,22H,4-5,10,15H2,1-3H3,(H,31,32)(H,25,26,27,28);;;1H2/q;;2*+1;/p-2/t2*22-;;;/m00.../s1. The van der Waals surface area contributed by atoms with E-state index in [0.717, 1.165) is 70.2 Å². The monoisotopic (exact) mass is 964 g/mol. The van der Waals surface area contributed by atoms with E-state index in [0.29, 0.717) is 24.5 Å². The van der Waals surface area contributed by atoms with Crippen molar-refractivity contribution in [3.05, 3.63) is 108 Å². The number of nitrogens with one attached hydrogen (secondary N) is 2. The maximum absolute atomic E-state index is 12.8. The maximum Gasteiger partial charge on any atom is 1.00 e. The van der Waals surface area contributed by atoms with Gasteiger partial charge in [-0.2, -0.15) is 10.4 Å². The molecule has 6 aromatic rings. The molecule has 2 atom stereocenters. The number of unbranched alkanes of at least 4 members (excludes halogenated alkanes) is 2. The smallest absolute Gasteiger partial charge is 0.548 e. The summed E-state index contributed by atoms with van der Waals surface area (Å²) in [5.41, 5.74) is 7.21. The van der Waals surface area contributed by atoms with Crippen molar-refractivity contribution in [1.29, 1.82) is 0 Å². The first kappa shape index (κ1) is 59.3. The van der Waals surface area contributed by atoms with Gasteiger partial charge < -0.3 is 35.1 Å². The zero-order chi connectivity index (χ0) is 46.2. The van der Waals surface area contributed by atoms with E-state index in [1.165, 1.54) is 9.80 Å². The number of nitrogens with zero attached hydrogens (tertiary/aromatic N) is 8. The molecule has 4 N–H and O–H groups in total.